The zero-order valence-corrected chi connectivity index (χ0v) is 20.6. The summed E-state index contributed by atoms with van der Waals surface area (Å²) in [5.74, 6) is -0.154. The first-order valence-electron chi connectivity index (χ1n) is 10.1. The molecule has 8 nitrogen and oxygen atoms in total. The van der Waals surface area contributed by atoms with Crippen LogP contribution in [0.1, 0.15) is 19.4 Å². The van der Waals surface area contributed by atoms with Crippen LogP contribution in [0.15, 0.2) is 46.8 Å². The van der Waals surface area contributed by atoms with Crippen molar-refractivity contribution in [2.75, 3.05) is 17.2 Å². The summed E-state index contributed by atoms with van der Waals surface area (Å²) in [6, 6.07) is 13.9. The smallest absolute Gasteiger partial charge is 0.413 e. The Balaban J connectivity index is 1.35. The fraction of sp³-hybridized carbons (Fsp3) is 0.227. The molecule has 170 valence electrons. The third kappa shape index (κ3) is 5.86. The number of carbonyl (C=O) groups is 2. The number of nitrogens with zero attached hydrogens (tertiary/aromatic N) is 3. The molecule has 2 aromatic heterocycles. The Hall–Kier alpha value is -3.02. The van der Waals surface area contributed by atoms with Crippen LogP contribution in [0.3, 0.4) is 0 Å². The van der Waals surface area contributed by atoms with Gasteiger partial charge in [-0.15, -0.1) is 21.5 Å². The summed E-state index contributed by atoms with van der Waals surface area (Å²) in [4.78, 5) is 28.8. The number of hydrogen-bond donors (Lipinski definition) is 2. The molecule has 0 spiro atoms. The van der Waals surface area contributed by atoms with Gasteiger partial charge in [0, 0.05) is 11.3 Å². The molecule has 1 unspecified atom stereocenters. The zero-order valence-electron chi connectivity index (χ0n) is 18.1. The lowest BCUT2D eigenvalue weighted by Gasteiger charge is -2.10. The van der Waals surface area contributed by atoms with Crippen molar-refractivity contribution >= 4 is 67.5 Å². The van der Waals surface area contributed by atoms with Crippen LogP contribution >= 0.6 is 34.4 Å². The minimum atomic E-state index is -0.583. The predicted octanol–water partition coefficient (Wildman–Crippen LogP) is 5.81. The number of benzene rings is 2. The highest BCUT2D eigenvalue weighted by atomic mass is 32.2. The van der Waals surface area contributed by atoms with Crippen LogP contribution in [0, 0.1) is 6.92 Å². The highest BCUT2D eigenvalue weighted by Gasteiger charge is 2.18. The maximum absolute atomic E-state index is 12.6. The van der Waals surface area contributed by atoms with Crippen molar-refractivity contribution in [1.29, 1.82) is 0 Å². The average Bonchev–Trinajstić information content (AvgIpc) is 3.40. The molecule has 0 aliphatic rings. The van der Waals surface area contributed by atoms with Crippen LogP contribution in [0.25, 0.3) is 20.8 Å². The van der Waals surface area contributed by atoms with E-state index in [1.165, 1.54) is 28.7 Å². The molecule has 0 fully saturated rings. The first-order chi connectivity index (χ1) is 15.9. The van der Waals surface area contributed by atoms with E-state index in [0.717, 1.165) is 20.8 Å². The third-order valence-electron chi connectivity index (χ3n) is 4.48. The number of hydrogen-bond acceptors (Lipinski definition) is 9. The minimum absolute atomic E-state index is 0.154. The number of fused-ring (bicyclic) bond motifs is 1. The molecule has 0 bridgehead atoms. The molecule has 33 heavy (non-hydrogen) atoms. The lowest BCUT2D eigenvalue weighted by molar-refractivity contribution is -0.115. The van der Waals surface area contributed by atoms with Gasteiger partial charge in [0.2, 0.25) is 11.0 Å². The van der Waals surface area contributed by atoms with Crippen LogP contribution in [-0.2, 0) is 9.53 Å². The second-order valence-electron chi connectivity index (χ2n) is 7.04. The molecule has 0 saturated carbocycles. The number of ether oxygens (including phenoxy) is 1. The van der Waals surface area contributed by atoms with Crippen LogP contribution in [-0.4, -0.2) is 39.0 Å². The fourth-order valence-corrected chi connectivity index (χ4v) is 5.81. The van der Waals surface area contributed by atoms with Crippen molar-refractivity contribution < 1.29 is 14.3 Å². The summed E-state index contributed by atoms with van der Waals surface area (Å²) >= 11 is 4.10. The van der Waals surface area contributed by atoms with E-state index < -0.39 is 11.3 Å². The molecule has 2 aromatic carbocycles. The summed E-state index contributed by atoms with van der Waals surface area (Å²) < 4.78 is 6.54. The van der Waals surface area contributed by atoms with Crippen LogP contribution < -0.4 is 10.6 Å². The van der Waals surface area contributed by atoms with Crippen molar-refractivity contribution in [3.63, 3.8) is 0 Å². The van der Waals surface area contributed by atoms with Gasteiger partial charge in [-0.3, -0.25) is 10.1 Å². The number of carbonyl (C=O) groups excluding carboxylic acids is 2. The predicted molar refractivity (Wildman–Crippen MR) is 134 cm³/mol. The molecule has 2 heterocycles. The minimum Gasteiger partial charge on any atom is -0.450 e. The lowest BCUT2D eigenvalue weighted by Crippen LogP contribution is -2.22. The Bertz CT molecular complexity index is 1290. The highest BCUT2D eigenvalue weighted by Crippen LogP contribution is 2.32. The van der Waals surface area contributed by atoms with Crippen molar-refractivity contribution in [2.45, 2.75) is 30.4 Å². The molecular formula is C22H21N5O3S3. The molecule has 2 N–H and O–H groups in total. The SMILES string of the molecule is CCOC(=O)Nc1nnc(SC(C)C(=O)Nc2ccc(-c3nc4ccc(C)cc4s3)cc2)s1. The Labute approximate surface area is 202 Å². The largest absolute Gasteiger partial charge is 0.450 e. The number of thiazole rings is 1. The summed E-state index contributed by atoms with van der Waals surface area (Å²) in [5.41, 5.74) is 3.91. The molecule has 4 rings (SSSR count). The standard InChI is InChI=1S/C22H21N5O3S3/c1-4-30-21(29)25-20-26-27-22(33-20)31-13(3)18(28)23-15-8-6-14(7-9-15)19-24-16-10-5-12(2)11-17(16)32-19/h5-11,13H,4H2,1-3H3,(H,23,28)(H,25,26,29). The quantitative estimate of drug-likeness (QED) is 0.244. The van der Waals surface area contributed by atoms with Gasteiger partial charge in [-0.25, -0.2) is 9.78 Å². The summed E-state index contributed by atoms with van der Waals surface area (Å²) in [5, 5.41) is 14.2. The molecule has 0 saturated heterocycles. The molecule has 4 aromatic rings. The maximum Gasteiger partial charge on any atom is 0.413 e. The molecule has 0 aliphatic heterocycles. The van der Waals surface area contributed by atoms with E-state index in [0.29, 0.717) is 15.2 Å². The van der Waals surface area contributed by atoms with Gasteiger partial charge in [0.1, 0.15) is 5.01 Å². The number of nitrogens with one attached hydrogen (secondary N) is 2. The summed E-state index contributed by atoms with van der Waals surface area (Å²) in [7, 11) is 0. The highest BCUT2D eigenvalue weighted by molar-refractivity contribution is 8.02. The summed E-state index contributed by atoms with van der Waals surface area (Å²) in [6.07, 6.45) is -0.583. The normalized spacial score (nSPS) is 11.8. The van der Waals surface area contributed by atoms with Gasteiger partial charge in [-0.1, -0.05) is 29.2 Å². The number of anilines is 2. The Morgan fingerprint density at radius 1 is 1.09 bits per heavy atom. The molecule has 11 heteroatoms. The van der Waals surface area contributed by atoms with Crippen LogP contribution in [0.2, 0.25) is 0 Å². The van der Waals surface area contributed by atoms with Gasteiger partial charge in [-0.05, 0) is 62.7 Å². The molecule has 1 atom stereocenters. The number of aromatic nitrogens is 3. The second-order valence-corrected chi connectivity index (χ2v) is 10.6. The number of aryl methyl sites for hydroxylation is 1. The van der Waals surface area contributed by atoms with Crippen molar-refractivity contribution in [3.05, 3.63) is 48.0 Å². The number of amides is 2. The Kier molecular flexibility index (Phi) is 7.21. The van der Waals surface area contributed by atoms with Crippen molar-refractivity contribution in [3.8, 4) is 10.6 Å². The molecule has 0 radical (unpaired) electrons. The fourth-order valence-electron chi connectivity index (χ4n) is 2.86. The van der Waals surface area contributed by atoms with Gasteiger partial charge in [-0.2, -0.15) is 0 Å². The second kappa shape index (κ2) is 10.3. The van der Waals surface area contributed by atoms with E-state index in [4.69, 9.17) is 9.72 Å². The monoisotopic (exact) mass is 499 g/mol. The maximum atomic E-state index is 12.6. The number of thioether (sulfide) groups is 1. The van der Waals surface area contributed by atoms with Crippen LogP contribution in [0.4, 0.5) is 15.6 Å². The van der Waals surface area contributed by atoms with E-state index in [2.05, 4.69) is 39.9 Å². The number of rotatable bonds is 7. The van der Waals surface area contributed by atoms with Crippen LogP contribution in [0.5, 0.6) is 0 Å². The van der Waals surface area contributed by atoms with E-state index in [1.54, 1.807) is 25.2 Å². The Morgan fingerprint density at radius 3 is 2.64 bits per heavy atom. The van der Waals surface area contributed by atoms with Gasteiger partial charge < -0.3 is 10.1 Å². The van der Waals surface area contributed by atoms with E-state index >= 15 is 0 Å². The summed E-state index contributed by atoms with van der Waals surface area (Å²) in [6.45, 7) is 5.85. The lowest BCUT2D eigenvalue weighted by atomic mass is 10.2. The van der Waals surface area contributed by atoms with Gasteiger partial charge in [0.15, 0.2) is 4.34 Å². The molecule has 0 aliphatic carbocycles. The van der Waals surface area contributed by atoms with Crippen molar-refractivity contribution in [1.82, 2.24) is 15.2 Å². The average molecular weight is 500 g/mol. The van der Waals surface area contributed by atoms with Crippen molar-refractivity contribution in [2.24, 2.45) is 0 Å². The first kappa shape index (κ1) is 23.1. The van der Waals surface area contributed by atoms with Gasteiger partial charge in [0.05, 0.1) is 22.1 Å². The molecular weight excluding hydrogens is 478 g/mol. The van der Waals surface area contributed by atoms with Gasteiger partial charge in [0.25, 0.3) is 0 Å². The third-order valence-corrected chi connectivity index (χ3v) is 7.57. The zero-order chi connectivity index (χ0) is 23.4. The Morgan fingerprint density at radius 2 is 1.88 bits per heavy atom. The topological polar surface area (TPSA) is 106 Å². The van der Waals surface area contributed by atoms with E-state index in [9.17, 15) is 9.59 Å². The van der Waals surface area contributed by atoms with E-state index in [1.807, 2.05) is 30.3 Å². The van der Waals surface area contributed by atoms with E-state index in [-0.39, 0.29) is 12.5 Å². The van der Waals surface area contributed by atoms with Gasteiger partial charge >= 0.3 is 6.09 Å². The first-order valence-corrected chi connectivity index (χ1v) is 12.6. The molecule has 2 amide bonds.